The molecule has 0 spiro atoms. The minimum absolute atomic E-state index is 0.409. The summed E-state index contributed by atoms with van der Waals surface area (Å²) in [5, 5.41) is 5.34. The summed E-state index contributed by atoms with van der Waals surface area (Å²) in [6.45, 7) is 18.0. The fourth-order valence-electron chi connectivity index (χ4n) is 3.70. The van der Waals surface area contributed by atoms with Crippen LogP contribution in [0, 0.1) is 5.41 Å². The molecule has 0 amide bonds. The largest absolute Gasteiger partial charge is 0.384 e. The Balaban J connectivity index is 3.77. The molecular formula is C17H34O4. The van der Waals surface area contributed by atoms with Crippen LogP contribution in [0.15, 0.2) is 0 Å². The third-order valence-electron chi connectivity index (χ3n) is 7.05. The van der Waals surface area contributed by atoms with Gasteiger partial charge in [-0.3, -0.25) is 0 Å². The van der Waals surface area contributed by atoms with Gasteiger partial charge in [-0.25, -0.2) is 0 Å². The summed E-state index contributed by atoms with van der Waals surface area (Å²) in [7, 11) is 3.32. The van der Waals surface area contributed by atoms with Crippen LogP contribution in [0.4, 0.5) is 0 Å². The molecule has 21 heavy (non-hydrogen) atoms. The van der Waals surface area contributed by atoms with Gasteiger partial charge in [-0.05, 0) is 48.5 Å². The maximum Gasteiger partial charge on any atom is 0.211 e. The third kappa shape index (κ3) is 1.95. The number of hydrogen-bond acceptors (Lipinski definition) is 4. The molecule has 0 bridgehead atoms. The summed E-state index contributed by atoms with van der Waals surface area (Å²) in [5.74, 6) is 0. The number of hydrogen-bond donors (Lipinski definition) is 1. The molecule has 126 valence electrons. The lowest BCUT2D eigenvalue weighted by molar-refractivity contribution is -0.408. The van der Waals surface area contributed by atoms with Crippen LogP contribution < -0.4 is 0 Å². The molecule has 1 rings (SSSR count). The van der Waals surface area contributed by atoms with Crippen LogP contribution >= 0.6 is 0 Å². The van der Waals surface area contributed by atoms with Crippen molar-refractivity contribution in [1.82, 2.24) is 0 Å². The molecule has 3 atom stereocenters. The normalized spacial score (nSPS) is 43.5. The minimum Gasteiger partial charge on any atom is -0.384 e. The molecule has 1 saturated heterocycles. The van der Waals surface area contributed by atoms with E-state index in [4.69, 9.17) is 20.8 Å². The second kappa shape index (κ2) is 4.67. The summed E-state index contributed by atoms with van der Waals surface area (Å²) in [5.41, 5.74) is -4.33. The average molecular weight is 304 g/mol. The second-order valence-electron chi connectivity index (χ2n) is 8.26. The molecule has 0 saturated carbocycles. The van der Waals surface area contributed by atoms with Crippen molar-refractivity contribution in [2.24, 2.45) is 5.41 Å². The van der Waals surface area contributed by atoms with Gasteiger partial charge in [0.2, 0.25) is 1.43 Å². The lowest BCUT2D eigenvalue weighted by Gasteiger charge is -2.70. The Morgan fingerprint density at radius 3 is 1.81 bits per heavy atom. The van der Waals surface area contributed by atoms with Crippen molar-refractivity contribution in [2.45, 2.75) is 90.3 Å². The number of rotatable bonds is 4. The van der Waals surface area contributed by atoms with E-state index in [0.717, 1.165) is 0 Å². The Hall–Kier alpha value is -0.160. The first-order valence-electron chi connectivity index (χ1n) is 8.00. The van der Waals surface area contributed by atoms with Gasteiger partial charge in [0.25, 0.3) is 0 Å². The molecule has 0 aromatic rings. The number of ether oxygens (including phenoxy) is 3. The average Bonchev–Trinajstić information content (AvgIpc) is 2.42. The van der Waals surface area contributed by atoms with Gasteiger partial charge in [-0.1, -0.05) is 13.8 Å². The maximum absolute atomic E-state index is 7.85. The minimum atomic E-state index is -1.05. The first-order valence-corrected chi connectivity index (χ1v) is 7.59. The second-order valence-corrected chi connectivity index (χ2v) is 8.26. The molecular weight excluding hydrogens is 268 g/mol. The summed E-state index contributed by atoms with van der Waals surface area (Å²) in [6, 6.07) is 0. The molecule has 0 unspecified atom stereocenters. The lowest BCUT2D eigenvalue weighted by atomic mass is 9.51. The third-order valence-corrected chi connectivity index (χ3v) is 7.05. The van der Waals surface area contributed by atoms with Gasteiger partial charge >= 0.3 is 0 Å². The van der Waals surface area contributed by atoms with E-state index in [0.29, 0.717) is 0 Å². The van der Waals surface area contributed by atoms with Crippen molar-refractivity contribution >= 4 is 0 Å². The monoisotopic (exact) mass is 304 g/mol. The highest BCUT2D eigenvalue weighted by Gasteiger charge is 2.75. The van der Waals surface area contributed by atoms with Gasteiger partial charge in [0, 0.05) is 19.6 Å². The van der Waals surface area contributed by atoms with Crippen LogP contribution in [0.2, 0.25) is 0 Å². The molecule has 1 aliphatic rings. The number of aliphatic hydroxyl groups is 1. The van der Waals surface area contributed by atoms with E-state index >= 15 is 0 Å². The molecule has 4 nitrogen and oxygen atoms in total. The van der Waals surface area contributed by atoms with Crippen LogP contribution in [0.5, 0.6) is 0 Å². The first-order chi connectivity index (χ1) is 9.64. The molecule has 0 aromatic heterocycles. The van der Waals surface area contributed by atoms with Crippen molar-refractivity contribution in [3.63, 3.8) is 0 Å². The Morgan fingerprint density at radius 1 is 1.00 bits per heavy atom. The highest BCUT2D eigenvalue weighted by molar-refractivity contribution is 5.24. The van der Waals surface area contributed by atoms with E-state index in [1.165, 1.54) is 0 Å². The van der Waals surface area contributed by atoms with Gasteiger partial charge < -0.3 is 19.3 Å². The Morgan fingerprint density at radius 2 is 1.48 bits per heavy atom. The van der Waals surface area contributed by atoms with Crippen LogP contribution in [0.3, 0.4) is 0 Å². The standard InChI is InChI=1S/C17H34O4/c1-12(2)13(3,4)21-17(9,14(5,6)19-10)15(7,18)16(12,8)20-11/h18H,1-11H3/t15-,16-,17+/m0/s1/i18T. The predicted octanol–water partition coefficient (Wildman–Crippen LogP) is 3.16. The van der Waals surface area contributed by atoms with Crippen molar-refractivity contribution < 1.29 is 19.3 Å². The van der Waals surface area contributed by atoms with Crippen molar-refractivity contribution in [2.75, 3.05) is 14.2 Å². The van der Waals surface area contributed by atoms with Gasteiger partial charge in [0.05, 0.1) is 11.2 Å². The molecule has 1 N–H and O–H groups in total. The summed E-state index contributed by atoms with van der Waals surface area (Å²) < 4.78 is 26.2. The Bertz CT molecular complexity index is 432. The highest BCUT2D eigenvalue weighted by atomic mass is 16.6. The zero-order chi connectivity index (χ0) is 17.8. The lowest BCUT2D eigenvalue weighted by Crippen LogP contribution is -2.83. The fraction of sp³-hybridized carbons (Fsp3) is 1.00. The van der Waals surface area contributed by atoms with Crippen molar-refractivity contribution in [3.05, 3.63) is 0 Å². The molecule has 1 aliphatic heterocycles. The maximum atomic E-state index is 7.85. The van der Waals surface area contributed by atoms with Gasteiger partial charge in [-0.15, -0.1) is 0 Å². The van der Waals surface area contributed by atoms with E-state index < -0.39 is 33.4 Å². The van der Waals surface area contributed by atoms with Crippen LogP contribution in [0.25, 0.3) is 0 Å². The summed E-state index contributed by atoms with van der Waals surface area (Å²) >= 11 is 0. The van der Waals surface area contributed by atoms with E-state index in [9.17, 15) is 0 Å². The van der Waals surface area contributed by atoms with Gasteiger partial charge in [-0.2, -0.15) is 0 Å². The van der Waals surface area contributed by atoms with E-state index in [2.05, 4.69) is 27.7 Å². The molecule has 0 aliphatic carbocycles. The van der Waals surface area contributed by atoms with Crippen LogP contribution in [0.1, 0.15) is 62.3 Å². The Labute approximate surface area is 131 Å². The zero-order valence-electron chi connectivity index (χ0n) is 16.6. The fourth-order valence-corrected chi connectivity index (χ4v) is 3.70. The molecule has 1 fully saturated rings. The van der Waals surface area contributed by atoms with Gasteiger partial charge in [0.15, 0.2) is 0 Å². The van der Waals surface area contributed by atoms with E-state index in [1.807, 2.05) is 34.6 Å². The Kier molecular flexibility index (Phi) is 3.82. The van der Waals surface area contributed by atoms with E-state index in [-0.39, 0.29) is 0 Å². The molecule has 0 aromatic carbocycles. The number of methoxy groups -OCH3 is 2. The van der Waals surface area contributed by atoms with E-state index in [1.54, 1.807) is 14.2 Å². The smallest absolute Gasteiger partial charge is 0.211 e. The predicted molar refractivity (Wildman–Crippen MR) is 84.5 cm³/mol. The highest BCUT2D eigenvalue weighted by Crippen LogP contribution is 2.61. The summed E-state index contributed by atoms with van der Waals surface area (Å²) in [6.07, 6.45) is 0. The molecule has 4 heteroatoms. The zero-order valence-corrected chi connectivity index (χ0v) is 15.6. The van der Waals surface area contributed by atoms with Crippen molar-refractivity contribution in [1.29, 1.82) is 1.43 Å². The molecule has 1 heterocycles. The SMILES string of the molecule is [3H]O[C@@]1(C)[C@@](C)(OC)C(C)(C)C(C)(C)O[C@]1(C)C(C)(C)OC. The molecule has 0 radical (unpaired) electrons. The van der Waals surface area contributed by atoms with Crippen LogP contribution in [-0.4, -0.2) is 48.8 Å². The quantitative estimate of drug-likeness (QED) is 0.866. The topological polar surface area (TPSA) is 47.9 Å². The first kappa shape index (κ1) is 17.2. The van der Waals surface area contributed by atoms with Crippen LogP contribution in [-0.2, 0) is 14.2 Å². The summed E-state index contributed by atoms with van der Waals surface area (Å²) in [4.78, 5) is 0. The van der Waals surface area contributed by atoms with Crippen molar-refractivity contribution in [3.8, 4) is 0 Å². The van der Waals surface area contributed by atoms with Gasteiger partial charge in [0.1, 0.15) is 16.8 Å².